The number of nitrogens with zero attached hydrogens (tertiary/aromatic N) is 1. The first-order valence-electron chi connectivity index (χ1n) is 4.51. The Labute approximate surface area is 103 Å². The predicted octanol–water partition coefficient (Wildman–Crippen LogP) is 3.74. The quantitative estimate of drug-likeness (QED) is 0.918. The van der Waals surface area contributed by atoms with E-state index in [-0.39, 0.29) is 5.75 Å². The number of alkyl halides is 3. The Hall–Kier alpha value is -1.50. The molecule has 90 valence electrons. The van der Waals surface area contributed by atoms with Gasteiger partial charge >= 0.3 is 6.36 Å². The van der Waals surface area contributed by atoms with Crippen LogP contribution in [0.4, 0.5) is 13.2 Å². The number of rotatable bonds is 2. The molecule has 0 aliphatic carbocycles. The first-order valence-corrected chi connectivity index (χ1v) is 5.30. The van der Waals surface area contributed by atoms with Gasteiger partial charge in [-0.25, -0.2) is 0 Å². The number of aromatic amines is 1. The molecule has 0 saturated carbocycles. The molecule has 1 aromatic heterocycles. The number of halogens is 4. The van der Waals surface area contributed by atoms with Gasteiger partial charge in [0.1, 0.15) is 5.75 Å². The number of hydrogen-bond donors (Lipinski definition) is 1. The van der Waals surface area contributed by atoms with E-state index in [0.29, 0.717) is 11.3 Å². The lowest BCUT2D eigenvalue weighted by Crippen LogP contribution is -2.16. The van der Waals surface area contributed by atoms with Crippen molar-refractivity contribution in [2.24, 2.45) is 0 Å². The highest BCUT2D eigenvalue weighted by atomic mass is 79.9. The number of nitrogens with one attached hydrogen (secondary N) is 1. The lowest BCUT2D eigenvalue weighted by atomic mass is 10.1. The average molecular weight is 307 g/mol. The van der Waals surface area contributed by atoms with E-state index in [0.717, 1.165) is 4.47 Å². The first-order chi connectivity index (χ1) is 7.96. The van der Waals surface area contributed by atoms with Crippen molar-refractivity contribution in [3.63, 3.8) is 0 Å². The summed E-state index contributed by atoms with van der Waals surface area (Å²) in [5.41, 5.74) is 1.41. The van der Waals surface area contributed by atoms with Crippen LogP contribution < -0.4 is 4.74 Å². The largest absolute Gasteiger partial charge is 0.573 e. The van der Waals surface area contributed by atoms with E-state index in [9.17, 15) is 13.2 Å². The van der Waals surface area contributed by atoms with Gasteiger partial charge in [-0.1, -0.05) is 0 Å². The van der Waals surface area contributed by atoms with Gasteiger partial charge < -0.3 is 4.74 Å². The van der Waals surface area contributed by atoms with Gasteiger partial charge in [0.15, 0.2) is 0 Å². The van der Waals surface area contributed by atoms with Crippen LogP contribution in [0.15, 0.2) is 34.9 Å². The van der Waals surface area contributed by atoms with Gasteiger partial charge in [-0.15, -0.1) is 13.2 Å². The van der Waals surface area contributed by atoms with Gasteiger partial charge in [-0.2, -0.15) is 5.10 Å². The molecule has 2 rings (SSSR count). The van der Waals surface area contributed by atoms with E-state index in [4.69, 9.17) is 0 Å². The Morgan fingerprint density at radius 3 is 2.29 bits per heavy atom. The van der Waals surface area contributed by atoms with Crippen molar-refractivity contribution in [3.8, 4) is 17.0 Å². The summed E-state index contributed by atoms with van der Waals surface area (Å²) in [5.74, 6) is -0.253. The highest BCUT2D eigenvalue weighted by Gasteiger charge is 2.30. The third-order valence-corrected chi connectivity index (χ3v) is 2.57. The molecule has 0 unspecified atom stereocenters. The van der Waals surface area contributed by atoms with Gasteiger partial charge in [0.05, 0.1) is 16.4 Å². The Morgan fingerprint density at radius 2 is 1.82 bits per heavy atom. The standard InChI is InChI=1S/C10H6BrF3N2O/c11-8-5-15-16-9(8)6-1-3-7(4-2-6)17-10(12,13)14/h1-5H,(H,15,16). The van der Waals surface area contributed by atoms with E-state index in [1.54, 1.807) is 6.20 Å². The number of aromatic nitrogens is 2. The molecule has 3 nitrogen and oxygen atoms in total. The molecule has 0 saturated heterocycles. The Balaban J connectivity index is 2.22. The minimum absolute atomic E-state index is 0.253. The smallest absolute Gasteiger partial charge is 0.406 e. The molecule has 0 bridgehead atoms. The summed E-state index contributed by atoms with van der Waals surface area (Å²) < 4.78 is 40.3. The highest BCUT2D eigenvalue weighted by molar-refractivity contribution is 9.10. The van der Waals surface area contributed by atoms with Crippen LogP contribution in [0.1, 0.15) is 0 Å². The van der Waals surface area contributed by atoms with Crippen LogP contribution >= 0.6 is 15.9 Å². The van der Waals surface area contributed by atoms with E-state index in [2.05, 4.69) is 30.9 Å². The molecule has 0 amide bonds. The molecule has 7 heteroatoms. The Morgan fingerprint density at radius 1 is 1.18 bits per heavy atom. The van der Waals surface area contributed by atoms with Gasteiger partial charge in [-0.05, 0) is 40.2 Å². The van der Waals surface area contributed by atoms with Crippen LogP contribution in [0.5, 0.6) is 5.75 Å². The summed E-state index contributed by atoms with van der Waals surface area (Å²) >= 11 is 3.27. The fourth-order valence-corrected chi connectivity index (χ4v) is 1.72. The summed E-state index contributed by atoms with van der Waals surface area (Å²) in [7, 11) is 0. The normalized spacial score (nSPS) is 11.5. The van der Waals surface area contributed by atoms with Crippen molar-refractivity contribution in [2.75, 3.05) is 0 Å². The summed E-state index contributed by atoms with van der Waals surface area (Å²) in [6.07, 6.45) is -3.11. The second-order valence-corrected chi connectivity index (χ2v) is 4.02. The maximum atomic E-state index is 11.9. The minimum atomic E-state index is -4.67. The molecular formula is C10H6BrF3N2O. The molecule has 1 N–H and O–H groups in total. The number of benzene rings is 1. The molecule has 0 radical (unpaired) electrons. The van der Waals surface area contributed by atoms with Crippen LogP contribution in [0.2, 0.25) is 0 Å². The van der Waals surface area contributed by atoms with E-state index in [1.807, 2.05) is 0 Å². The van der Waals surface area contributed by atoms with E-state index >= 15 is 0 Å². The summed E-state index contributed by atoms with van der Waals surface area (Å²) in [6, 6.07) is 5.52. The SMILES string of the molecule is FC(F)(F)Oc1ccc(-c2[nH]ncc2Br)cc1. The third-order valence-electron chi connectivity index (χ3n) is 1.97. The summed E-state index contributed by atoms with van der Waals surface area (Å²) in [4.78, 5) is 0. The van der Waals surface area contributed by atoms with E-state index < -0.39 is 6.36 Å². The molecule has 2 aromatic rings. The fraction of sp³-hybridized carbons (Fsp3) is 0.100. The third kappa shape index (κ3) is 3.00. The zero-order chi connectivity index (χ0) is 12.5. The van der Waals surface area contributed by atoms with Gasteiger partial charge in [0, 0.05) is 5.56 Å². The molecule has 0 aliphatic heterocycles. The van der Waals surface area contributed by atoms with E-state index in [1.165, 1.54) is 24.3 Å². The molecule has 1 heterocycles. The van der Waals surface area contributed by atoms with Gasteiger partial charge in [0.25, 0.3) is 0 Å². The highest BCUT2D eigenvalue weighted by Crippen LogP contribution is 2.28. The summed E-state index contributed by atoms with van der Waals surface area (Å²) in [5, 5.41) is 6.53. The maximum Gasteiger partial charge on any atom is 0.573 e. The average Bonchev–Trinajstić information content (AvgIpc) is 2.63. The van der Waals surface area contributed by atoms with Crippen molar-refractivity contribution in [1.82, 2.24) is 10.2 Å². The molecule has 1 aromatic carbocycles. The van der Waals surface area contributed by atoms with Crippen molar-refractivity contribution >= 4 is 15.9 Å². The van der Waals surface area contributed by atoms with Crippen LogP contribution in [-0.2, 0) is 0 Å². The molecule has 0 aliphatic rings. The number of ether oxygens (including phenoxy) is 1. The van der Waals surface area contributed by atoms with Crippen LogP contribution in [-0.4, -0.2) is 16.6 Å². The lowest BCUT2D eigenvalue weighted by Gasteiger charge is -2.08. The van der Waals surface area contributed by atoms with Crippen molar-refractivity contribution in [2.45, 2.75) is 6.36 Å². The zero-order valence-electron chi connectivity index (χ0n) is 8.25. The second-order valence-electron chi connectivity index (χ2n) is 3.17. The lowest BCUT2D eigenvalue weighted by molar-refractivity contribution is -0.274. The minimum Gasteiger partial charge on any atom is -0.406 e. The van der Waals surface area contributed by atoms with Crippen molar-refractivity contribution in [1.29, 1.82) is 0 Å². The fourth-order valence-electron chi connectivity index (χ4n) is 1.30. The molecule has 0 atom stereocenters. The monoisotopic (exact) mass is 306 g/mol. The van der Waals surface area contributed by atoms with Gasteiger partial charge in [-0.3, -0.25) is 5.10 Å². The Bertz CT molecular complexity index is 507. The molecule has 0 spiro atoms. The Kier molecular flexibility index (Phi) is 3.10. The van der Waals surface area contributed by atoms with Crippen molar-refractivity contribution < 1.29 is 17.9 Å². The molecule has 0 fully saturated rings. The van der Waals surface area contributed by atoms with Crippen LogP contribution in [0.25, 0.3) is 11.3 Å². The second kappa shape index (κ2) is 4.40. The summed E-state index contributed by atoms with van der Waals surface area (Å²) in [6.45, 7) is 0. The molecule has 17 heavy (non-hydrogen) atoms. The topological polar surface area (TPSA) is 37.9 Å². The van der Waals surface area contributed by atoms with Crippen LogP contribution in [0.3, 0.4) is 0 Å². The number of hydrogen-bond acceptors (Lipinski definition) is 2. The zero-order valence-corrected chi connectivity index (χ0v) is 9.84. The van der Waals surface area contributed by atoms with Crippen LogP contribution in [0, 0.1) is 0 Å². The predicted molar refractivity (Wildman–Crippen MR) is 58.4 cm³/mol. The maximum absolute atomic E-state index is 11.9. The van der Waals surface area contributed by atoms with Gasteiger partial charge in [0.2, 0.25) is 0 Å². The molecular weight excluding hydrogens is 301 g/mol. The number of H-pyrrole nitrogens is 1. The van der Waals surface area contributed by atoms with Crippen molar-refractivity contribution in [3.05, 3.63) is 34.9 Å². The first kappa shape index (κ1) is 12.0.